The standard InChI is InChI=1S/C24H23N/c1-23-17-6-5-7-18(23)11-13-20-15-16(21-8-3-4-9-22(21)25)14-19(12-10-17)24(20,23)2/h3-4,6-16H,5,25H2,1-2H3. The summed E-state index contributed by atoms with van der Waals surface area (Å²) < 4.78 is 0. The Balaban J connectivity index is 1.76. The maximum absolute atomic E-state index is 6.27. The molecule has 0 radical (unpaired) electrons. The molecule has 0 aliphatic heterocycles. The van der Waals surface area contributed by atoms with Crippen LogP contribution in [0.15, 0.2) is 95.2 Å². The van der Waals surface area contributed by atoms with Crippen molar-refractivity contribution >= 4 is 5.69 Å². The topological polar surface area (TPSA) is 26.0 Å². The monoisotopic (exact) mass is 325 g/mol. The third kappa shape index (κ3) is 1.68. The number of benzene rings is 1. The van der Waals surface area contributed by atoms with Crippen LogP contribution in [0.1, 0.15) is 31.7 Å². The highest BCUT2D eigenvalue weighted by molar-refractivity contribution is 5.67. The summed E-state index contributed by atoms with van der Waals surface area (Å²) in [5.74, 6) is 0.233. The van der Waals surface area contributed by atoms with E-state index in [0.717, 1.165) is 12.1 Å². The molecule has 5 rings (SSSR count). The minimum Gasteiger partial charge on any atom is -0.398 e. The largest absolute Gasteiger partial charge is 0.398 e. The zero-order valence-corrected chi connectivity index (χ0v) is 14.8. The van der Waals surface area contributed by atoms with E-state index >= 15 is 0 Å². The molecule has 0 saturated heterocycles. The lowest BCUT2D eigenvalue weighted by atomic mass is 9.46. The number of nitrogens with two attached hydrogens (primary N) is 1. The summed E-state index contributed by atoms with van der Waals surface area (Å²) in [6.45, 7) is 4.82. The SMILES string of the molecule is CC12C3=CCC=C1C=CC1=CC(c4ccccc4N)C=C(C=C3)C12C. The number of anilines is 1. The molecule has 4 aliphatic rings. The fourth-order valence-electron chi connectivity index (χ4n) is 5.24. The van der Waals surface area contributed by atoms with Crippen molar-refractivity contribution < 1.29 is 0 Å². The second kappa shape index (κ2) is 4.76. The first-order valence-electron chi connectivity index (χ1n) is 9.11. The molecule has 1 heteroatoms. The number of allylic oxidation sites excluding steroid dienone is 12. The zero-order chi connectivity index (χ0) is 17.2. The molecule has 124 valence electrons. The van der Waals surface area contributed by atoms with Gasteiger partial charge in [0.15, 0.2) is 0 Å². The van der Waals surface area contributed by atoms with Crippen LogP contribution in [0.4, 0.5) is 5.69 Å². The minimum absolute atomic E-state index is 0.00533. The Morgan fingerprint density at radius 2 is 1.32 bits per heavy atom. The second-order valence-electron chi connectivity index (χ2n) is 7.87. The predicted octanol–water partition coefficient (Wildman–Crippen LogP) is 5.63. The summed E-state index contributed by atoms with van der Waals surface area (Å²) in [6, 6.07) is 8.23. The van der Waals surface area contributed by atoms with Crippen molar-refractivity contribution in [2.75, 3.05) is 5.73 Å². The van der Waals surface area contributed by atoms with Gasteiger partial charge in [-0.1, -0.05) is 80.7 Å². The predicted molar refractivity (Wildman–Crippen MR) is 105 cm³/mol. The van der Waals surface area contributed by atoms with E-state index in [2.05, 4.69) is 74.6 Å². The maximum atomic E-state index is 6.27. The van der Waals surface area contributed by atoms with Gasteiger partial charge in [-0.15, -0.1) is 0 Å². The van der Waals surface area contributed by atoms with Crippen molar-refractivity contribution in [3.8, 4) is 0 Å². The molecule has 1 aromatic rings. The van der Waals surface area contributed by atoms with Crippen LogP contribution in [-0.4, -0.2) is 0 Å². The number of rotatable bonds is 1. The first-order valence-corrected chi connectivity index (χ1v) is 9.11. The number of hydrogen-bond donors (Lipinski definition) is 1. The molecule has 0 fully saturated rings. The highest BCUT2D eigenvalue weighted by Gasteiger charge is 2.56. The molecule has 0 spiro atoms. The molecule has 0 unspecified atom stereocenters. The molecule has 0 atom stereocenters. The van der Waals surface area contributed by atoms with Gasteiger partial charge in [0.2, 0.25) is 0 Å². The fraction of sp³-hybridized carbons (Fsp3) is 0.250. The molecule has 0 heterocycles. The van der Waals surface area contributed by atoms with Gasteiger partial charge in [-0.05, 0) is 40.3 Å². The van der Waals surface area contributed by atoms with Crippen molar-refractivity contribution in [1.29, 1.82) is 0 Å². The van der Waals surface area contributed by atoms with Gasteiger partial charge in [0.1, 0.15) is 0 Å². The van der Waals surface area contributed by atoms with Gasteiger partial charge in [-0.3, -0.25) is 0 Å². The lowest BCUT2D eigenvalue weighted by Crippen LogP contribution is -2.47. The lowest BCUT2D eigenvalue weighted by Gasteiger charge is -2.57. The minimum atomic E-state index is -0.00533. The summed E-state index contributed by atoms with van der Waals surface area (Å²) in [6.07, 6.45) is 20.0. The molecule has 25 heavy (non-hydrogen) atoms. The Morgan fingerprint density at radius 1 is 0.800 bits per heavy atom. The summed E-state index contributed by atoms with van der Waals surface area (Å²) in [5, 5.41) is 0. The molecule has 2 N–H and O–H groups in total. The molecule has 1 aromatic carbocycles. The summed E-state index contributed by atoms with van der Waals surface area (Å²) in [5.41, 5.74) is 14.1. The van der Waals surface area contributed by atoms with E-state index in [1.54, 1.807) is 0 Å². The van der Waals surface area contributed by atoms with E-state index in [1.807, 2.05) is 12.1 Å². The third-order valence-corrected chi connectivity index (χ3v) is 6.94. The van der Waals surface area contributed by atoms with Crippen molar-refractivity contribution in [3.05, 3.63) is 101 Å². The van der Waals surface area contributed by atoms with Crippen LogP contribution in [0.25, 0.3) is 0 Å². The average molecular weight is 325 g/mol. The molecule has 0 bridgehead atoms. The maximum Gasteiger partial charge on any atom is 0.0355 e. The van der Waals surface area contributed by atoms with Gasteiger partial charge in [-0.25, -0.2) is 0 Å². The van der Waals surface area contributed by atoms with Gasteiger partial charge in [0.05, 0.1) is 0 Å². The second-order valence-corrected chi connectivity index (χ2v) is 7.87. The van der Waals surface area contributed by atoms with Crippen LogP contribution in [0, 0.1) is 10.8 Å². The van der Waals surface area contributed by atoms with Crippen molar-refractivity contribution in [3.63, 3.8) is 0 Å². The van der Waals surface area contributed by atoms with Crippen LogP contribution in [0.3, 0.4) is 0 Å². The molecule has 1 nitrogen and oxygen atoms in total. The van der Waals surface area contributed by atoms with E-state index in [9.17, 15) is 0 Å². The average Bonchev–Trinajstić information content (AvgIpc) is 2.60. The third-order valence-electron chi connectivity index (χ3n) is 6.94. The van der Waals surface area contributed by atoms with E-state index in [4.69, 9.17) is 5.73 Å². The zero-order valence-electron chi connectivity index (χ0n) is 14.8. The van der Waals surface area contributed by atoms with E-state index in [1.165, 1.54) is 27.9 Å². The molecule has 0 saturated carbocycles. The van der Waals surface area contributed by atoms with Crippen LogP contribution >= 0.6 is 0 Å². The molecule has 0 aromatic heterocycles. The molecular formula is C24H23N. The van der Waals surface area contributed by atoms with Crippen LogP contribution in [0.2, 0.25) is 0 Å². The Bertz CT molecular complexity index is 914. The van der Waals surface area contributed by atoms with Gasteiger partial charge in [0, 0.05) is 22.4 Å². The summed E-state index contributed by atoms with van der Waals surface area (Å²) in [4.78, 5) is 0. The van der Waals surface area contributed by atoms with E-state index in [0.29, 0.717) is 0 Å². The van der Waals surface area contributed by atoms with Crippen LogP contribution in [-0.2, 0) is 0 Å². The fourth-order valence-corrected chi connectivity index (χ4v) is 5.24. The van der Waals surface area contributed by atoms with Gasteiger partial charge < -0.3 is 5.73 Å². The molecule has 0 amide bonds. The summed E-state index contributed by atoms with van der Waals surface area (Å²) in [7, 11) is 0. The Morgan fingerprint density at radius 3 is 1.92 bits per heavy atom. The Kier molecular flexibility index (Phi) is 2.81. The van der Waals surface area contributed by atoms with E-state index < -0.39 is 0 Å². The van der Waals surface area contributed by atoms with Crippen molar-refractivity contribution in [2.24, 2.45) is 10.8 Å². The van der Waals surface area contributed by atoms with Gasteiger partial charge in [0.25, 0.3) is 0 Å². The quantitative estimate of drug-likeness (QED) is 0.666. The first kappa shape index (κ1) is 14.8. The van der Waals surface area contributed by atoms with Gasteiger partial charge in [-0.2, -0.15) is 0 Å². The first-order chi connectivity index (χ1) is 12.0. The normalized spacial score (nSPS) is 34.6. The van der Waals surface area contributed by atoms with Crippen molar-refractivity contribution in [2.45, 2.75) is 26.2 Å². The number of hydrogen-bond acceptors (Lipinski definition) is 1. The molecule has 4 aliphatic carbocycles. The van der Waals surface area contributed by atoms with Crippen LogP contribution < -0.4 is 5.73 Å². The highest BCUT2D eigenvalue weighted by Crippen LogP contribution is 2.66. The summed E-state index contributed by atoms with van der Waals surface area (Å²) >= 11 is 0. The smallest absolute Gasteiger partial charge is 0.0355 e. The van der Waals surface area contributed by atoms with Gasteiger partial charge >= 0.3 is 0 Å². The van der Waals surface area contributed by atoms with Crippen LogP contribution in [0.5, 0.6) is 0 Å². The Labute approximate surface area is 149 Å². The molecular weight excluding hydrogens is 302 g/mol. The van der Waals surface area contributed by atoms with E-state index in [-0.39, 0.29) is 16.7 Å². The lowest BCUT2D eigenvalue weighted by molar-refractivity contribution is 0.243. The number of para-hydroxylation sites is 1. The Hall–Kier alpha value is -2.54. The number of nitrogen functional groups attached to an aromatic ring is 1. The highest BCUT2D eigenvalue weighted by atomic mass is 14.6. The van der Waals surface area contributed by atoms with Crippen molar-refractivity contribution in [1.82, 2.24) is 0 Å².